The van der Waals surface area contributed by atoms with Crippen molar-refractivity contribution in [2.45, 2.75) is 12.5 Å². The first kappa shape index (κ1) is 11.4. The zero-order chi connectivity index (χ0) is 10.6. The third kappa shape index (κ3) is 2.67. The zero-order valence-electron chi connectivity index (χ0n) is 8.48. The summed E-state index contributed by atoms with van der Waals surface area (Å²) in [6, 6.07) is -0.000880. The second-order valence-electron chi connectivity index (χ2n) is 3.67. The Morgan fingerprint density at radius 3 is 2.93 bits per heavy atom. The van der Waals surface area contributed by atoms with Crippen molar-refractivity contribution in [3.8, 4) is 0 Å². The summed E-state index contributed by atoms with van der Waals surface area (Å²) in [6.07, 6.45) is 0.888. The van der Waals surface area contributed by atoms with E-state index >= 15 is 0 Å². The Bertz CT molecular complexity index is 198. The smallest absolute Gasteiger partial charge is 0.310 e. The van der Waals surface area contributed by atoms with E-state index in [2.05, 4.69) is 0 Å². The summed E-state index contributed by atoms with van der Waals surface area (Å²) >= 11 is 0. The van der Waals surface area contributed by atoms with E-state index in [1.807, 2.05) is 11.9 Å². The van der Waals surface area contributed by atoms with Gasteiger partial charge in [0, 0.05) is 6.04 Å². The Labute approximate surface area is 83.8 Å². The molecule has 5 nitrogen and oxygen atoms in total. The third-order valence-corrected chi connectivity index (χ3v) is 2.65. The molecule has 1 rings (SSSR count). The molecule has 2 unspecified atom stereocenters. The molecule has 1 aliphatic heterocycles. The van der Waals surface area contributed by atoms with E-state index in [0.29, 0.717) is 19.8 Å². The Morgan fingerprint density at radius 2 is 2.36 bits per heavy atom. The number of hydrogen-bond acceptors (Lipinski definition) is 4. The van der Waals surface area contributed by atoms with Gasteiger partial charge in [0.05, 0.1) is 19.1 Å². The van der Waals surface area contributed by atoms with Crippen LogP contribution in [0.4, 0.5) is 0 Å². The molecule has 5 heteroatoms. The summed E-state index contributed by atoms with van der Waals surface area (Å²) in [5, 5.41) is 8.93. The number of carboxylic acids is 1. The first-order valence-corrected chi connectivity index (χ1v) is 4.87. The molecule has 0 aliphatic carbocycles. The van der Waals surface area contributed by atoms with Gasteiger partial charge in [-0.15, -0.1) is 0 Å². The molecule has 2 atom stereocenters. The zero-order valence-corrected chi connectivity index (χ0v) is 8.48. The van der Waals surface area contributed by atoms with Gasteiger partial charge in [-0.3, -0.25) is 4.79 Å². The molecule has 0 aromatic carbocycles. The van der Waals surface area contributed by atoms with Gasteiger partial charge in [-0.1, -0.05) is 0 Å². The van der Waals surface area contributed by atoms with E-state index in [-0.39, 0.29) is 6.04 Å². The number of nitrogens with zero attached hydrogens (tertiary/aromatic N) is 1. The minimum atomic E-state index is -0.771. The number of carboxylic acid groups (broad SMARTS) is 1. The molecule has 0 radical (unpaired) electrons. The van der Waals surface area contributed by atoms with Crippen molar-refractivity contribution in [3.63, 3.8) is 0 Å². The van der Waals surface area contributed by atoms with Crippen molar-refractivity contribution >= 4 is 5.97 Å². The van der Waals surface area contributed by atoms with Crippen LogP contribution >= 0.6 is 0 Å². The predicted octanol–water partition coefficient (Wildman–Crippen LogP) is -0.633. The summed E-state index contributed by atoms with van der Waals surface area (Å²) in [6.45, 7) is 2.30. The predicted molar refractivity (Wildman–Crippen MR) is 52.0 cm³/mol. The van der Waals surface area contributed by atoms with Crippen LogP contribution in [0.1, 0.15) is 6.42 Å². The van der Waals surface area contributed by atoms with Gasteiger partial charge in [-0.05, 0) is 26.6 Å². The monoisotopic (exact) mass is 202 g/mol. The largest absolute Gasteiger partial charge is 0.481 e. The standard InChI is InChI=1S/C9H18N2O3/c1-11(4-2-3-10)8-6-14-5-7(8)9(12)13/h7-8H,2-6,10H2,1H3,(H,12,13). The number of rotatable bonds is 5. The lowest BCUT2D eigenvalue weighted by atomic mass is 10.0. The van der Waals surface area contributed by atoms with Crippen molar-refractivity contribution < 1.29 is 14.6 Å². The van der Waals surface area contributed by atoms with E-state index in [1.165, 1.54) is 0 Å². The van der Waals surface area contributed by atoms with Crippen LogP contribution in [0.5, 0.6) is 0 Å². The quantitative estimate of drug-likeness (QED) is 0.620. The molecule has 3 N–H and O–H groups in total. The molecule has 0 spiro atoms. The van der Waals surface area contributed by atoms with Gasteiger partial charge in [0.2, 0.25) is 0 Å². The van der Waals surface area contributed by atoms with Gasteiger partial charge in [-0.2, -0.15) is 0 Å². The van der Waals surface area contributed by atoms with Gasteiger partial charge in [0.15, 0.2) is 0 Å². The second-order valence-corrected chi connectivity index (χ2v) is 3.67. The second kappa shape index (κ2) is 5.29. The van der Waals surface area contributed by atoms with Crippen molar-refractivity contribution in [1.29, 1.82) is 0 Å². The Kier molecular flexibility index (Phi) is 4.31. The normalized spacial score (nSPS) is 27.1. The highest BCUT2D eigenvalue weighted by atomic mass is 16.5. The van der Waals surface area contributed by atoms with Crippen molar-refractivity contribution in [2.24, 2.45) is 11.7 Å². The lowest BCUT2D eigenvalue weighted by Crippen LogP contribution is -2.41. The fourth-order valence-electron chi connectivity index (χ4n) is 1.72. The fourth-order valence-corrected chi connectivity index (χ4v) is 1.72. The highest BCUT2D eigenvalue weighted by Gasteiger charge is 2.36. The lowest BCUT2D eigenvalue weighted by molar-refractivity contribution is -0.143. The van der Waals surface area contributed by atoms with Gasteiger partial charge >= 0.3 is 5.97 Å². The maximum Gasteiger partial charge on any atom is 0.310 e. The molecular weight excluding hydrogens is 184 g/mol. The minimum absolute atomic E-state index is 0.000880. The maximum atomic E-state index is 10.9. The van der Waals surface area contributed by atoms with Crippen molar-refractivity contribution in [1.82, 2.24) is 4.90 Å². The van der Waals surface area contributed by atoms with E-state index in [4.69, 9.17) is 15.6 Å². The maximum absolute atomic E-state index is 10.9. The molecule has 1 saturated heterocycles. The minimum Gasteiger partial charge on any atom is -0.481 e. The van der Waals surface area contributed by atoms with Crippen LogP contribution in [0.15, 0.2) is 0 Å². The van der Waals surface area contributed by atoms with Crippen LogP contribution in [0, 0.1) is 5.92 Å². The molecule has 1 aliphatic rings. The molecule has 82 valence electrons. The first-order valence-electron chi connectivity index (χ1n) is 4.87. The number of carbonyl (C=O) groups is 1. The number of hydrogen-bond donors (Lipinski definition) is 2. The first-order chi connectivity index (χ1) is 6.66. The van der Waals surface area contributed by atoms with Crippen LogP contribution in [0.25, 0.3) is 0 Å². The number of nitrogens with two attached hydrogens (primary N) is 1. The third-order valence-electron chi connectivity index (χ3n) is 2.65. The molecule has 14 heavy (non-hydrogen) atoms. The van der Waals surface area contributed by atoms with Crippen LogP contribution in [0.2, 0.25) is 0 Å². The Morgan fingerprint density at radius 1 is 1.64 bits per heavy atom. The van der Waals surface area contributed by atoms with Crippen LogP contribution in [-0.2, 0) is 9.53 Å². The van der Waals surface area contributed by atoms with E-state index in [9.17, 15) is 4.79 Å². The van der Waals surface area contributed by atoms with Crippen LogP contribution in [-0.4, -0.2) is 55.4 Å². The molecule has 1 heterocycles. The van der Waals surface area contributed by atoms with E-state index < -0.39 is 11.9 Å². The SMILES string of the molecule is CN(CCCN)C1COCC1C(=O)O. The topological polar surface area (TPSA) is 75.8 Å². The Balaban J connectivity index is 2.44. The van der Waals surface area contributed by atoms with Crippen molar-refractivity contribution in [2.75, 3.05) is 33.4 Å². The van der Waals surface area contributed by atoms with Gasteiger partial charge in [0.25, 0.3) is 0 Å². The van der Waals surface area contributed by atoms with Crippen LogP contribution in [0.3, 0.4) is 0 Å². The number of likely N-dealkylation sites (N-methyl/N-ethyl adjacent to an activating group) is 1. The van der Waals surface area contributed by atoms with Gasteiger partial charge in [-0.25, -0.2) is 0 Å². The summed E-state index contributed by atoms with van der Waals surface area (Å²) in [7, 11) is 1.92. The average Bonchev–Trinajstić information content (AvgIpc) is 2.62. The summed E-state index contributed by atoms with van der Waals surface area (Å²) < 4.78 is 5.18. The highest BCUT2D eigenvalue weighted by Crippen LogP contribution is 2.18. The van der Waals surface area contributed by atoms with Crippen molar-refractivity contribution in [3.05, 3.63) is 0 Å². The molecule has 0 saturated carbocycles. The highest BCUT2D eigenvalue weighted by molar-refractivity contribution is 5.71. The molecule has 1 fully saturated rings. The number of aliphatic carboxylic acids is 1. The average molecular weight is 202 g/mol. The fraction of sp³-hybridized carbons (Fsp3) is 0.889. The number of ether oxygens (including phenoxy) is 1. The van der Waals surface area contributed by atoms with E-state index in [1.54, 1.807) is 0 Å². The molecule has 0 aromatic rings. The van der Waals surface area contributed by atoms with Gasteiger partial charge < -0.3 is 20.5 Å². The molecule has 0 aromatic heterocycles. The molecule has 0 amide bonds. The van der Waals surface area contributed by atoms with Gasteiger partial charge in [0.1, 0.15) is 0 Å². The summed E-state index contributed by atoms with van der Waals surface area (Å²) in [5.74, 6) is -1.16. The molecular formula is C9H18N2O3. The van der Waals surface area contributed by atoms with Crippen LogP contribution < -0.4 is 5.73 Å². The Hall–Kier alpha value is -0.650. The summed E-state index contributed by atoms with van der Waals surface area (Å²) in [5.41, 5.74) is 5.40. The summed E-state index contributed by atoms with van der Waals surface area (Å²) in [4.78, 5) is 12.9. The molecule has 0 bridgehead atoms. The van der Waals surface area contributed by atoms with E-state index in [0.717, 1.165) is 13.0 Å². The lowest BCUT2D eigenvalue weighted by Gasteiger charge is -2.25.